The summed E-state index contributed by atoms with van der Waals surface area (Å²) in [6.45, 7) is 6.14. The van der Waals surface area contributed by atoms with Gasteiger partial charge in [0.25, 0.3) is 5.91 Å². The van der Waals surface area contributed by atoms with Crippen LogP contribution in [0.1, 0.15) is 37.0 Å². The van der Waals surface area contributed by atoms with E-state index in [0.717, 1.165) is 36.6 Å². The van der Waals surface area contributed by atoms with Crippen LogP contribution in [0.2, 0.25) is 0 Å². The maximum absolute atomic E-state index is 12.4. The van der Waals surface area contributed by atoms with Crippen LogP contribution < -0.4 is 20.1 Å². The van der Waals surface area contributed by atoms with Crippen LogP contribution >= 0.6 is 12.2 Å². The highest BCUT2D eigenvalue weighted by Crippen LogP contribution is 2.20. The number of amides is 1. The molecule has 0 spiro atoms. The Hall–Kier alpha value is -2.64. The third-order valence-corrected chi connectivity index (χ3v) is 4.68. The second kappa shape index (κ2) is 10.9. The molecule has 160 valence electrons. The summed E-state index contributed by atoms with van der Waals surface area (Å²) in [6.07, 6.45) is 2.26. The fraction of sp³-hybridized carbons (Fsp3) is 0.391. The Bertz CT molecular complexity index is 849. The number of hydrogen-bond donors (Lipinski definition) is 2. The van der Waals surface area contributed by atoms with Crippen LogP contribution in [0.5, 0.6) is 11.5 Å². The molecule has 1 fully saturated rings. The van der Waals surface area contributed by atoms with E-state index in [1.54, 1.807) is 24.3 Å². The monoisotopic (exact) mass is 428 g/mol. The molecule has 1 aliphatic rings. The number of nitrogens with one attached hydrogen (secondary N) is 2. The molecule has 0 saturated carbocycles. The van der Waals surface area contributed by atoms with Crippen LogP contribution in [0, 0.1) is 5.92 Å². The Morgan fingerprint density at radius 1 is 1.17 bits per heavy atom. The second-order valence-corrected chi connectivity index (χ2v) is 8.02. The van der Waals surface area contributed by atoms with Gasteiger partial charge >= 0.3 is 0 Å². The lowest BCUT2D eigenvalue weighted by Crippen LogP contribution is -2.34. The van der Waals surface area contributed by atoms with Gasteiger partial charge in [0.05, 0.1) is 12.7 Å². The summed E-state index contributed by atoms with van der Waals surface area (Å²) in [5.74, 6) is 1.62. The van der Waals surface area contributed by atoms with E-state index in [9.17, 15) is 4.79 Å². The Balaban J connectivity index is 1.48. The lowest BCUT2D eigenvalue weighted by molar-refractivity contribution is 0.0680. The quantitative estimate of drug-likeness (QED) is 0.607. The molecule has 1 saturated heterocycles. The smallest absolute Gasteiger partial charge is 0.257 e. The molecule has 0 aromatic heterocycles. The van der Waals surface area contributed by atoms with E-state index in [1.165, 1.54) is 0 Å². The third-order valence-electron chi connectivity index (χ3n) is 4.48. The zero-order valence-electron chi connectivity index (χ0n) is 17.4. The summed E-state index contributed by atoms with van der Waals surface area (Å²) in [6, 6.07) is 14.4. The van der Waals surface area contributed by atoms with Gasteiger partial charge in [0.15, 0.2) is 5.11 Å². The Kier molecular flexibility index (Phi) is 8.04. The maximum Gasteiger partial charge on any atom is 0.257 e. The molecule has 2 aromatic carbocycles. The van der Waals surface area contributed by atoms with Gasteiger partial charge in [0, 0.05) is 23.9 Å². The second-order valence-electron chi connectivity index (χ2n) is 7.61. The molecule has 1 aliphatic heterocycles. The molecule has 2 N–H and O–H groups in total. The number of ether oxygens (including phenoxy) is 3. The topological polar surface area (TPSA) is 68.8 Å². The molecule has 3 rings (SSSR count). The van der Waals surface area contributed by atoms with Crippen molar-refractivity contribution in [2.24, 2.45) is 5.92 Å². The molecule has 0 aliphatic carbocycles. The molecule has 0 bridgehead atoms. The van der Waals surface area contributed by atoms with E-state index in [0.29, 0.717) is 24.7 Å². The number of benzene rings is 2. The fourth-order valence-corrected chi connectivity index (χ4v) is 3.14. The van der Waals surface area contributed by atoms with E-state index in [4.69, 9.17) is 26.4 Å². The minimum absolute atomic E-state index is 0.157. The molecule has 30 heavy (non-hydrogen) atoms. The van der Waals surface area contributed by atoms with Crippen LogP contribution in [-0.4, -0.2) is 36.9 Å². The number of anilines is 1. The standard InChI is InChI=1S/C23H28N2O4S/c1-16(2)14-28-19-10-8-17(9-11-19)22(26)25-23(30)24-18-5-3-6-20(13-18)29-15-21-7-4-12-27-21/h3,5-6,8-11,13,16,21H,4,7,12,14-15H2,1-2H3,(H2,24,25,26,30). The average Bonchev–Trinajstić information content (AvgIpc) is 3.25. The lowest BCUT2D eigenvalue weighted by atomic mass is 10.2. The maximum atomic E-state index is 12.4. The molecule has 7 heteroatoms. The Morgan fingerprint density at radius 2 is 1.97 bits per heavy atom. The lowest BCUT2D eigenvalue weighted by Gasteiger charge is -2.14. The molecule has 1 heterocycles. The Morgan fingerprint density at radius 3 is 2.67 bits per heavy atom. The first-order valence-corrected chi connectivity index (χ1v) is 10.6. The van der Waals surface area contributed by atoms with E-state index in [2.05, 4.69) is 24.5 Å². The molecule has 0 radical (unpaired) electrons. The summed E-state index contributed by atoms with van der Waals surface area (Å²) in [4.78, 5) is 12.4. The largest absolute Gasteiger partial charge is 0.493 e. The van der Waals surface area contributed by atoms with Crippen LogP contribution in [0.25, 0.3) is 0 Å². The van der Waals surface area contributed by atoms with Gasteiger partial charge in [-0.25, -0.2) is 0 Å². The van der Waals surface area contributed by atoms with Crippen molar-refractivity contribution in [1.82, 2.24) is 5.32 Å². The predicted molar refractivity (Wildman–Crippen MR) is 121 cm³/mol. The van der Waals surface area contributed by atoms with Gasteiger partial charge in [-0.3, -0.25) is 10.1 Å². The highest BCUT2D eigenvalue weighted by molar-refractivity contribution is 7.80. The SMILES string of the molecule is CC(C)COc1ccc(C(=O)NC(=S)Nc2cccc(OCC3CCCO3)c2)cc1. The van der Waals surface area contributed by atoms with Crippen molar-refractivity contribution in [3.63, 3.8) is 0 Å². The first kappa shape index (κ1) is 22.1. The van der Waals surface area contributed by atoms with Crippen LogP contribution in [0.4, 0.5) is 5.69 Å². The van der Waals surface area contributed by atoms with Gasteiger partial charge in [-0.2, -0.15) is 0 Å². The fourth-order valence-electron chi connectivity index (χ4n) is 2.93. The third kappa shape index (κ3) is 7.00. The molecule has 1 unspecified atom stereocenters. The van der Waals surface area contributed by atoms with Crippen molar-refractivity contribution in [3.05, 3.63) is 54.1 Å². The highest BCUT2D eigenvalue weighted by Gasteiger charge is 2.16. The van der Waals surface area contributed by atoms with E-state index < -0.39 is 0 Å². The summed E-state index contributed by atoms with van der Waals surface area (Å²) < 4.78 is 17.0. The van der Waals surface area contributed by atoms with Gasteiger partial charge in [0.1, 0.15) is 18.1 Å². The first-order chi connectivity index (χ1) is 14.5. The molecule has 2 aromatic rings. The molecular weight excluding hydrogens is 400 g/mol. The van der Waals surface area contributed by atoms with Gasteiger partial charge in [-0.1, -0.05) is 19.9 Å². The number of rotatable bonds is 8. The van der Waals surface area contributed by atoms with Crippen LogP contribution in [0.3, 0.4) is 0 Å². The van der Waals surface area contributed by atoms with Gasteiger partial charge in [-0.15, -0.1) is 0 Å². The predicted octanol–water partition coefficient (Wildman–Crippen LogP) is 4.41. The number of hydrogen-bond acceptors (Lipinski definition) is 5. The van der Waals surface area contributed by atoms with Gasteiger partial charge in [-0.05, 0) is 67.4 Å². The van der Waals surface area contributed by atoms with E-state index in [1.807, 2.05) is 24.3 Å². The van der Waals surface area contributed by atoms with Crippen molar-refractivity contribution in [2.75, 3.05) is 25.1 Å². The van der Waals surface area contributed by atoms with Gasteiger partial charge < -0.3 is 19.5 Å². The van der Waals surface area contributed by atoms with E-state index in [-0.39, 0.29) is 17.1 Å². The Labute approximate surface area is 182 Å². The summed E-state index contributed by atoms with van der Waals surface area (Å²) in [5, 5.41) is 5.93. The zero-order chi connectivity index (χ0) is 21.3. The first-order valence-electron chi connectivity index (χ1n) is 10.2. The summed E-state index contributed by atoms with van der Waals surface area (Å²) in [7, 11) is 0. The number of carbonyl (C=O) groups is 1. The average molecular weight is 429 g/mol. The molecule has 6 nitrogen and oxygen atoms in total. The molecule has 1 atom stereocenters. The van der Waals surface area contributed by atoms with Crippen molar-refractivity contribution in [1.29, 1.82) is 0 Å². The summed E-state index contributed by atoms with van der Waals surface area (Å²) >= 11 is 5.28. The minimum atomic E-state index is -0.284. The molecule has 1 amide bonds. The van der Waals surface area contributed by atoms with Crippen LogP contribution in [0.15, 0.2) is 48.5 Å². The molecular formula is C23H28N2O4S. The minimum Gasteiger partial charge on any atom is -0.493 e. The van der Waals surface area contributed by atoms with Crippen molar-refractivity contribution < 1.29 is 19.0 Å². The highest BCUT2D eigenvalue weighted by atomic mass is 32.1. The van der Waals surface area contributed by atoms with Crippen molar-refractivity contribution in [2.45, 2.75) is 32.8 Å². The van der Waals surface area contributed by atoms with Crippen molar-refractivity contribution in [3.8, 4) is 11.5 Å². The van der Waals surface area contributed by atoms with E-state index >= 15 is 0 Å². The van der Waals surface area contributed by atoms with Crippen LogP contribution in [-0.2, 0) is 4.74 Å². The zero-order valence-corrected chi connectivity index (χ0v) is 18.2. The number of carbonyl (C=O) groups excluding carboxylic acids is 1. The number of thiocarbonyl (C=S) groups is 1. The van der Waals surface area contributed by atoms with Gasteiger partial charge in [0.2, 0.25) is 0 Å². The summed E-state index contributed by atoms with van der Waals surface area (Å²) in [5.41, 5.74) is 1.24. The van der Waals surface area contributed by atoms with Crippen molar-refractivity contribution >= 4 is 28.9 Å². The normalized spacial score (nSPS) is 15.6.